The summed E-state index contributed by atoms with van der Waals surface area (Å²) in [4.78, 5) is 5.54. The fourth-order valence-corrected chi connectivity index (χ4v) is 3.76. The molecule has 1 aliphatic rings. The summed E-state index contributed by atoms with van der Waals surface area (Å²) >= 11 is 0. The highest BCUT2D eigenvalue weighted by Gasteiger charge is 2.46. The summed E-state index contributed by atoms with van der Waals surface area (Å²) in [6.07, 6.45) is -1.76. The maximum Gasteiger partial charge on any atom is 0.416 e. The van der Waals surface area contributed by atoms with E-state index in [1.807, 2.05) is 31.2 Å². The summed E-state index contributed by atoms with van der Waals surface area (Å²) in [5, 5.41) is 4.02. The topological polar surface area (TPSA) is 58.5 Å². The van der Waals surface area contributed by atoms with Crippen molar-refractivity contribution >= 4 is 18.4 Å². The van der Waals surface area contributed by atoms with Crippen molar-refractivity contribution in [3.05, 3.63) is 70.8 Å². The smallest absolute Gasteiger partial charge is 0.376 e. The fourth-order valence-electron chi connectivity index (χ4n) is 3.76. The normalized spacial score (nSPS) is 25.8. The predicted octanol–water partition coefficient (Wildman–Crippen LogP) is 5.02. The van der Waals surface area contributed by atoms with E-state index in [-0.39, 0.29) is 18.3 Å². The van der Waals surface area contributed by atoms with E-state index in [2.05, 4.69) is 5.16 Å². The van der Waals surface area contributed by atoms with Crippen LogP contribution in [0.25, 0.3) is 12.2 Å². The molecular weight excluding hydrogens is 451 g/mol. The van der Waals surface area contributed by atoms with Gasteiger partial charge in [0.15, 0.2) is 6.10 Å². The molecule has 2 aromatic carbocycles. The van der Waals surface area contributed by atoms with Crippen LogP contribution in [0.3, 0.4) is 0 Å². The Hall–Kier alpha value is -2.72. The van der Waals surface area contributed by atoms with E-state index in [0.717, 1.165) is 23.3 Å². The van der Waals surface area contributed by atoms with Crippen molar-refractivity contribution in [2.45, 2.75) is 43.8 Å². The molecule has 0 saturated carbocycles. The van der Waals surface area contributed by atoms with Crippen LogP contribution < -0.4 is 0 Å². The third-order valence-electron chi connectivity index (χ3n) is 5.53. The summed E-state index contributed by atoms with van der Waals surface area (Å²) in [6, 6.07) is 12.4. The molecule has 6 nitrogen and oxygen atoms in total. The predicted molar refractivity (Wildman–Crippen MR) is 122 cm³/mol. The second kappa shape index (κ2) is 11.6. The minimum atomic E-state index is -4.37. The molecule has 1 fully saturated rings. The van der Waals surface area contributed by atoms with E-state index in [4.69, 9.17) is 23.8 Å². The van der Waals surface area contributed by atoms with Crippen LogP contribution in [0.2, 0.25) is 0 Å². The molecular formula is C25H28F3NO5. The van der Waals surface area contributed by atoms with E-state index in [9.17, 15) is 13.2 Å². The molecule has 1 aliphatic heterocycles. The van der Waals surface area contributed by atoms with Gasteiger partial charge in [-0.1, -0.05) is 53.7 Å². The lowest BCUT2D eigenvalue weighted by Gasteiger charge is -2.42. The lowest BCUT2D eigenvalue weighted by molar-refractivity contribution is -0.305. The number of rotatable bonds is 8. The van der Waals surface area contributed by atoms with E-state index in [1.165, 1.54) is 19.4 Å². The van der Waals surface area contributed by atoms with Crippen LogP contribution in [0.1, 0.15) is 29.2 Å². The number of ether oxygens (including phenoxy) is 4. The van der Waals surface area contributed by atoms with Gasteiger partial charge in [-0.3, -0.25) is 0 Å². The minimum absolute atomic E-state index is 0.288. The molecule has 0 radical (unpaired) electrons. The molecule has 1 heterocycles. The Kier molecular flexibility index (Phi) is 8.84. The highest BCUT2D eigenvalue weighted by atomic mass is 19.4. The minimum Gasteiger partial charge on any atom is -0.376 e. The monoisotopic (exact) mass is 479 g/mol. The molecule has 2 aromatic rings. The van der Waals surface area contributed by atoms with Crippen molar-refractivity contribution in [2.75, 3.05) is 21.3 Å². The first-order chi connectivity index (χ1) is 16.3. The fraction of sp³-hybridized carbons (Fsp3) is 0.400. The highest BCUT2D eigenvalue weighted by molar-refractivity contribution is 5.80. The number of hydrogen-bond donors (Lipinski definition) is 0. The molecule has 0 aliphatic carbocycles. The molecule has 0 amide bonds. The number of methoxy groups -OCH3 is 3. The van der Waals surface area contributed by atoms with Crippen LogP contribution in [-0.2, 0) is 30.0 Å². The van der Waals surface area contributed by atoms with Gasteiger partial charge in [-0.2, -0.15) is 13.2 Å². The first-order valence-electron chi connectivity index (χ1n) is 10.6. The quantitative estimate of drug-likeness (QED) is 0.303. The highest BCUT2D eigenvalue weighted by Crippen LogP contribution is 2.30. The Morgan fingerprint density at radius 1 is 0.824 bits per heavy atom. The Bertz CT molecular complexity index is 977. The number of oxime groups is 1. The summed E-state index contributed by atoms with van der Waals surface area (Å²) in [6.45, 7) is 1.86. The van der Waals surface area contributed by atoms with Crippen LogP contribution in [0.4, 0.5) is 13.2 Å². The summed E-state index contributed by atoms with van der Waals surface area (Å²) in [5.41, 5.74) is 1.39. The van der Waals surface area contributed by atoms with Gasteiger partial charge < -0.3 is 23.8 Å². The summed E-state index contributed by atoms with van der Waals surface area (Å²) < 4.78 is 60.9. The molecule has 1 unspecified atom stereocenters. The molecule has 0 N–H and O–H groups in total. The third kappa shape index (κ3) is 6.44. The van der Waals surface area contributed by atoms with Crippen LogP contribution in [-0.4, -0.2) is 58.2 Å². The molecule has 0 spiro atoms. The maximum absolute atomic E-state index is 12.9. The average Bonchev–Trinajstić information content (AvgIpc) is 2.82. The standard InChI is InChI=1S/C25H28F3NO5/c1-16-21(30-2)22(31-3)23(32-4)24(33-16)34-29-15-19-12-9-17(10-13-19)8-11-18-6-5-7-20(14-18)25(26,27)28/h5-16,21-24H,1-4H3/b11-8+,29-15+/t16-,21-,22+,23+,24?/m0/s1. The molecule has 3 rings (SSSR count). The molecule has 0 bridgehead atoms. The Balaban J connectivity index is 1.61. The van der Waals surface area contributed by atoms with Crippen molar-refractivity contribution in [2.24, 2.45) is 5.16 Å². The van der Waals surface area contributed by atoms with Gasteiger partial charge >= 0.3 is 6.18 Å². The Morgan fingerprint density at radius 3 is 2.06 bits per heavy atom. The zero-order valence-electron chi connectivity index (χ0n) is 19.4. The summed E-state index contributed by atoms with van der Waals surface area (Å²) in [7, 11) is 4.69. The first kappa shape index (κ1) is 25.9. The van der Waals surface area contributed by atoms with Crippen LogP contribution in [0.15, 0.2) is 53.7 Å². The first-order valence-corrected chi connectivity index (χ1v) is 10.6. The number of benzene rings is 2. The Labute approximate surface area is 196 Å². The van der Waals surface area contributed by atoms with Gasteiger partial charge in [-0.25, -0.2) is 0 Å². The van der Waals surface area contributed by atoms with E-state index in [1.54, 1.807) is 32.4 Å². The molecule has 0 aromatic heterocycles. The van der Waals surface area contributed by atoms with Crippen molar-refractivity contribution in [3.63, 3.8) is 0 Å². The van der Waals surface area contributed by atoms with Gasteiger partial charge in [0.1, 0.15) is 12.2 Å². The zero-order valence-corrected chi connectivity index (χ0v) is 19.4. The van der Waals surface area contributed by atoms with Crippen LogP contribution in [0.5, 0.6) is 0 Å². The second-order valence-electron chi connectivity index (χ2n) is 7.77. The van der Waals surface area contributed by atoms with Gasteiger partial charge in [0.2, 0.25) is 0 Å². The molecule has 1 saturated heterocycles. The van der Waals surface area contributed by atoms with E-state index < -0.39 is 24.1 Å². The Morgan fingerprint density at radius 2 is 1.44 bits per heavy atom. The zero-order chi connectivity index (χ0) is 24.7. The van der Waals surface area contributed by atoms with Gasteiger partial charge in [0.25, 0.3) is 6.29 Å². The molecule has 9 heteroatoms. The lowest BCUT2D eigenvalue weighted by atomic mass is 9.99. The van der Waals surface area contributed by atoms with Crippen molar-refractivity contribution < 1.29 is 37.0 Å². The van der Waals surface area contributed by atoms with E-state index >= 15 is 0 Å². The lowest BCUT2D eigenvalue weighted by Crippen LogP contribution is -2.59. The largest absolute Gasteiger partial charge is 0.416 e. The number of halogens is 3. The SMILES string of the molecule is CO[C@@H]1[C@@H](OC)[C@@H](OC)C(O/N=C/c2ccc(/C=C/c3cccc(C(F)(F)F)c3)cc2)O[C@H]1C. The van der Waals surface area contributed by atoms with Gasteiger partial charge in [-0.15, -0.1) is 0 Å². The van der Waals surface area contributed by atoms with Crippen molar-refractivity contribution in [1.82, 2.24) is 0 Å². The van der Waals surface area contributed by atoms with Gasteiger partial charge in [0.05, 0.1) is 17.9 Å². The second-order valence-corrected chi connectivity index (χ2v) is 7.77. The van der Waals surface area contributed by atoms with Gasteiger partial charge in [0, 0.05) is 21.3 Å². The van der Waals surface area contributed by atoms with Crippen molar-refractivity contribution in [3.8, 4) is 0 Å². The van der Waals surface area contributed by atoms with Crippen LogP contribution >= 0.6 is 0 Å². The molecule has 34 heavy (non-hydrogen) atoms. The number of nitrogens with zero attached hydrogens (tertiary/aromatic N) is 1. The number of hydrogen-bond acceptors (Lipinski definition) is 6. The maximum atomic E-state index is 12.9. The third-order valence-corrected chi connectivity index (χ3v) is 5.53. The number of alkyl halides is 3. The van der Waals surface area contributed by atoms with Crippen LogP contribution in [0, 0.1) is 0 Å². The average molecular weight is 479 g/mol. The molecule has 5 atom stereocenters. The van der Waals surface area contributed by atoms with E-state index in [0.29, 0.717) is 5.56 Å². The van der Waals surface area contributed by atoms with Crippen molar-refractivity contribution in [1.29, 1.82) is 0 Å². The van der Waals surface area contributed by atoms with Gasteiger partial charge in [-0.05, 0) is 35.7 Å². The summed E-state index contributed by atoms with van der Waals surface area (Å²) in [5.74, 6) is 0. The molecule has 184 valence electrons.